The van der Waals surface area contributed by atoms with Crippen molar-refractivity contribution in [1.82, 2.24) is 24.6 Å². The Morgan fingerprint density at radius 1 is 1.13 bits per heavy atom. The molecule has 154 valence electrons. The van der Waals surface area contributed by atoms with Crippen molar-refractivity contribution >= 4 is 17.2 Å². The van der Waals surface area contributed by atoms with E-state index in [2.05, 4.69) is 44.6 Å². The van der Waals surface area contributed by atoms with Crippen LogP contribution in [0.4, 0.5) is 10.3 Å². The quantitative estimate of drug-likeness (QED) is 0.532. The standard InChI is InChI=1S/C24H21FN6/c1-14-11-27-31-23(14)29-22(17-9-18(25)13-26-12-17)30-24(31)28-19-7-6-16-8-15-4-2-3-5-20(15)21(16)10-19/h2-5,9,11-13,19H,6-8,10H2,1H3,(H,28,29,30)/t19-/m1/s1. The molecule has 2 aliphatic carbocycles. The van der Waals surface area contributed by atoms with Gasteiger partial charge in [0.2, 0.25) is 5.95 Å². The fourth-order valence-electron chi connectivity index (χ4n) is 4.74. The number of aromatic nitrogens is 5. The second-order valence-electron chi connectivity index (χ2n) is 8.33. The van der Waals surface area contributed by atoms with Gasteiger partial charge < -0.3 is 5.32 Å². The number of nitrogens with zero attached hydrogens (tertiary/aromatic N) is 5. The third-order valence-electron chi connectivity index (χ3n) is 6.26. The van der Waals surface area contributed by atoms with Crippen molar-refractivity contribution in [3.63, 3.8) is 0 Å². The average Bonchev–Trinajstić information content (AvgIpc) is 3.34. The molecule has 0 saturated carbocycles. The molecule has 0 unspecified atom stereocenters. The van der Waals surface area contributed by atoms with E-state index in [0.717, 1.165) is 31.2 Å². The second-order valence-corrected chi connectivity index (χ2v) is 8.33. The minimum absolute atomic E-state index is 0.242. The average molecular weight is 412 g/mol. The molecule has 2 aliphatic rings. The minimum atomic E-state index is -0.410. The maximum atomic E-state index is 13.7. The minimum Gasteiger partial charge on any atom is -0.351 e. The van der Waals surface area contributed by atoms with E-state index >= 15 is 0 Å². The highest BCUT2D eigenvalue weighted by Crippen LogP contribution is 2.42. The van der Waals surface area contributed by atoms with E-state index in [1.165, 1.54) is 29.0 Å². The summed E-state index contributed by atoms with van der Waals surface area (Å²) in [4.78, 5) is 13.3. The first-order chi connectivity index (χ1) is 15.2. The van der Waals surface area contributed by atoms with E-state index in [1.54, 1.807) is 22.5 Å². The van der Waals surface area contributed by atoms with Crippen molar-refractivity contribution < 1.29 is 4.39 Å². The third-order valence-corrected chi connectivity index (χ3v) is 6.26. The number of allylic oxidation sites excluding steroid dienone is 1. The summed E-state index contributed by atoms with van der Waals surface area (Å²) in [6, 6.07) is 10.3. The lowest BCUT2D eigenvalue weighted by atomic mass is 9.88. The number of fused-ring (bicyclic) bond motifs is 3. The van der Waals surface area contributed by atoms with Crippen LogP contribution in [0.15, 0.2) is 54.5 Å². The fraction of sp³-hybridized carbons (Fsp3) is 0.250. The summed E-state index contributed by atoms with van der Waals surface area (Å²) >= 11 is 0. The van der Waals surface area contributed by atoms with E-state index in [-0.39, 0.29) is 6.04 Å². The predicted molar refractivity (Wildman–Crippen MR) is 117 cm³/mol. The fourth-order valence-corrected chi connectivity index (χ4v) is 4.74. The molecule has 0 fully saturated rings. The SMILES string of the molecule is Cc1cnn2c(N[C@@H]3CCC4=C(C3)c3ccccc3C4)nc(-c3cncc(F)c3)nc12. The van der Waals surface area contributed by atoms with Gasteiger partial charge >= 0.3 is 0 Å². The molecule has 1 aromatic carbocycles. The predicted octanol–water partition coefficient (Wildman–Crippen LogP) is 4.61. The van der Waals surface area contributed by atoms with Crippen LogP contribution in [-0.2, 0) is 6.42 Å². The first-order valence-corrected chi connectivity index (χ1v) is 10.5. The zero-order valence-electron chi connectivity index (χ0n) is 17.1. The van der Waals surface area contributed by atoms with E-state index < -0.39 is 5.82 Å². The number of halogens is 1. The summed E-state index contributed by atoms with van der Waals surface area (Å²) in [6.07, 6.45) is 8.68. The molecule has 31 heavy (non-hydrogen) atoms. The van der Waals surface area contributed by atoms with Gasteiger partial charge in [-0.2, -0.15) is 14.6 Å². The van der Waals surface area contributed by atoms with Crippen LogP contribution in [-0.4, -0.2) is 30.6 Å². The lowest BCUT2D eigenvalue weighted by molar-refractivity contribution is 0.621. The summed E-state index contributed by atoms with van der Waals surface area (Å²) in [5.74, 6) is 0.651. The van der Waals surface area contributed by atoms with Gasteiger partial charge in [0.15, 0.2) is 11.5 Å². The van der Waals surface area contributed by atoms with Crippen LogP contribution in [0.1, 0.15) is 36.0 Å². The van der Waals surface area contributed by atoms with Gasteiger partial charge in [0.1, 0.15) is 5.82 Å². The molecule has 3 aromatic heterocycles. The van der Waals surface area contributed by atoms with Gasteiger partial charge in [0, 0.05) is 23.4 Å². The van der Waals surface area contributed by atoms with Gasteiger partial charge in [-0.1, -0.05) is 29.8 Å². The number of anilines is 1. The zero-order chi connectivity index (χ0) is 20.9. The van der Waals surface area contributed by atoms with Gasteiger partial charge in [0.05, 0.1) is 12.4 Å². The van der Waals surface area contributed by atoms with Crippen LogP contribution in [0.2, 0.25) is 0 Å². The Hall–Kier alpha value is -3.61. The largest absolute Gasteiger partial charge is 0.351 e. The maximum Gasteiger partial charge on any atom is 0.228 e. The van der Waals surface area contributed by atoms with Gasteiger partial charge in [-0.25, -0.2) is 9.37 Å². The summed E-state index contributed by atoms with van der Waals surface area (Å²) in [5, 5.41) is 8.07. The molecule has 3 heterocycles. The lowest BCUT2D eigenvalue weighted by Crippen LogP contribution is -2.25. The molecule has 7 heteroatoms. The van der Waals surface area contributed by atoms with Gasteiger partial charge in [-0.3, -0.25) is 4.98 Å². The number of nitrogens with one attached hydrogen (secondary N) is 1. The van der Waals surface area contributed by atoms with Crippen LogP contribution < -0.4 is 5.32 Å². The molecule has 1 N–H and O–H groups in total. The van der Waals surface area contributed by atoms with Crippen molar-refractivity contribution in [1.29, 1.82) is 0 Å². The number of pyridine rings is 1. The van der Waals surface area contributed by atoms with Crippen LogP contribution >= 0.6 is 0 Å². The Bertz CT molecular complexity index is 1360. The van der Waals surface area contributed by atoms with Crippen molar-refractivity contribution in [2.75, 3.05) is 5.32 Å². The molecule has 0 saturated heterocycles. The number of rotatable bonds is 3. The first kappa shape index (κ1) is 18.2. The van der Waals surface area contributed by atoms with Gasteiger partial charge in [0.25, 0.3) is 0 Å². The lowest BCUT2D eigenvalue weighted by Gasteiger charge is -2.26. The van der Waals surface area contributed by atoms with E-state index in [1.807, 2.05) is 6.92 Å². The molecule has 0 amide bonds. The highest BCUT2D eigenvalue weighted by molar-refractivity contribution is 5.77. The molecule has 6 nitrogen and oxygen atoms in total. The molecule has 0 bridgehead atoms. The van der Waals surface area contributed by atoms with Crippen LogP contribution in [0.3, 0.4) is 0 Å². The molecule has 0 spiro atoms. The highest BCUT2D eigenvalue weighted by Gasteiger charge is 2.28. The topological polar surface area (TPSA) is 68.0 Å². The smallest absolute Gasteiger partial charge is 0.228 e. The van der Waals surface area contributed by atoms with Gasteiger partial charge in [-0.15, -0.1) is 0 Å². The Labute approximate surface area is 178 Å². The van der Waals surface area contributed by atoms with Crippen LogP contribution in [0, 0.1) is 12.7 Å². The highest BCUT2D eigenvalue weighted by atomic mass is 19.1. The molecule has 4 aromatic rings. The summed E-state index contributed by atoms with van der Waals surface area (Å²) in [7, 11) is 0. The molecule has 1 atom stereocenters. The van der Waals surface area contributed by atoms with Crippen molar-refractivity contribution in [3.8, 4) is 11.4 Å². The van der Waals surface area contributed by atoms with E-state index in [9.17, 15) is 4.39 Å². The van der Waals surface area contributed by atoms with Gasteiger partial charge in [-0.05, 0) is 55.4 Å². The zero-order valence-corrected chi connectivity index (χ0v) is 17.1. The molecule has 6 rings (SSSR count). The molecule has 0 radical (unpaired) electrons. The van der Waals surface area contributed by atoms with Crippen molar-refractivity contribution in [3.05, 3.63) is 77.0 Å². The van der Waals surface area contributed by atoms with Crippen molar-refractivity contribution in [2.45, 2.75) is 38.6 Å². The Morgan fingerprint density at radius 3 is 2.94 bits per heavy atom. The number of benzene rings is 1. The molecular weight excluding hydrogens is 391 g/mol. The Balaban J connectivity index is 1.36. The Kier molecular flexibility index (Phi) is 4.09. The molecule has 0 aliphatic heterocycles. The number of hydrogen-bond donors (Lipinski definition) is 1. The first-order valence-electron chi connectivity index (χ1n) is 10.5. The van der Waals surface area contributed by atoms with E-state index in [0.29, 0.717) is 23.0 Å². The van der Waals surface area contributed by atoms with E-state index in [4.69, 9.17) is 4.98 Å². The monoisotopic (exact) mass is 412 g/mol. The summed E-state index contributed by atoms with van der Waals surface area (Å²) < 4.78 is 15.5. The second kappa shape index (κ2) is 6.97. The summed E-state index contributed by atoms with van der Waals surface area (Å²) in [5.41, 5.74) is 8.04. The van der Waals surface area contributed by atoms with Crippen molar-refractivity contribution in [2.24, 2.45) is 0 Å². The van der Waals surface area contributed by atoms with Crippen LogP contribution in [0.25, 0.3) is 22.6 Å². The Morgan fingerprint density at radius 2 is 2.03 bits per heavy atom. The number of aryl methyl sites for hydroxylation is 1. The normalized spacial score (nSPS) is 17.7. The van der Waals surface area contributed by atoms with Crippen LogP contribution in [0.5, 0.6) is 0 Å². The summed E-state index contributed by atoms with van der Waals surface area (Å²) in [6.45, 7) is 1.96. The molecular formula is C24H21FN6. The number of hydrogen-bond acceptors (Lipinski definition) is 5. The third kappa shape index (κ3) is 3.08. The maximum absolute atomic E-state index is 13.7.